The molecule has 0 aliphatic heterocycles. The third-order valence-corrected chi connectivity index (χ3v) is 3.62. The molecule has 1 heterocycles. The lowest BCUT2D eigenvalue weighted by Gasteiger charge is -2.14. The number of methoxy groups -OCH3 is 1. The van der Waals surface area contributed by atoms with Crippen molar-refractivity contribution in [1.29, 1.82) is 0 Å². The normalized spacial score (nSPS) is 12.6. The van der Waals surface area contributed by atoms with Gasteiger partial charge < -0.3 is 15.4 Å². The van der Waals surface area contributed by atoms with Crippen LogP contribution < -0.4 is 10.6 Å². The maximum Gasteiger partial charge on any atom is 0.265 e. The maximum atomic E-state index is 12.5. The first kappa shape index (κ1) is 18.8. The van der Waals surface area contributed by atoms with Crippen molar-refractivity contribution in [3.8, 4) is 0 Å². The van der Waals surface area contributed by atoms with Crippen molar-refractivity contribution >= 4 is 5.82 Å². The molecule has 126 valence electrons. The molecule has 0 radical (unpaired) electrons. The topological polar surface area (TPSA) is 46.2 Å². The lowest BCUT2D eigenvalue weighted by atomic mass is 10.1. The van der Waals surface area contributed by atoms with E-state index in [0.29, 0.717) is 6.54 Å². The highest BCUT2D eigenvalue weighted by atomic mass is 19.3. The molecule has 0 bridgehead atoms. The predicted molar refractivity (Wildman–Crippen MR) is 85.8 cm³/mol. The minimum absolute atomic E-state index is 0.182. The lowest BCUT2D eigenvalue weighted by molar-refractivity contribution is -0.0308. The Balaban J connectivity index is 2.25. The molecule has 22 heavy (non-hydrogen) atoms. The zero-order valence-electron chi connectivity index (χ0n) is 13.7. The van der Waals surface area contributed by atoms with Crippen molar-refractivity contribution in [2.45, 2.75) is 45.1 Å². The van der Waals surface area contributed by atoms with Crippen LogP contribution in [0.25, 0.3) is 0 Å². The molecule has 0 aliphatic carbocycles. The SMILES string of the molecule is CCc1ccc(CCCCNCC(OC)C(F)F)nc1NC. The molecule has 2 N–H and O–H groups in total. The number of alkyl halides is 2. The van der Waals surface area contributed by atoms with Crippen LogP contribution in [0.1, 0.15) is 31.0 Å². The second kappa shape index (κ2) is 10.5. The highest BCUT2D eigenvalue weighted by Crippen LogP contribution is 2.14. The number of pyridine rings is 1. The molecule has 6 heteroatoms. The van der Waals surface area contributed by atoms with Crippen molar-refractivity contribution in [2.24, 2.45) is 0 Å². The van der Waals surface area contributed by atoms with Gasteiger partial charge in [-0.2, -0.15) is 0 Å². The lowest BCUT2D eigenvalue weighted by Crippen LogP contribution is -2.34. The summed E-state index contributed by atoms with van der Waals surface area (Å²) in [5.74, 6) is 0.943. The van der Waals surface area contributed by atoms with Crippen molar-refractivity contribution in [2.75, 3.05) is 32.6 Å². The molecular weight excluding hydrogens is 288 g/mol. The summed E-state index contributed by atoms with van der Waals surface area (Å²) in [6.45, 7) is 3.00. The van der Waals surface area contributed by atoms with Crippen LogP contribution in [0.3, 0.4) is 0 Å². The quantitative estimate of drug-likeness (QED) is 0.616. The fourth-order valence-electron chi connectivity index (χ4n) is 2.25. The van der Waals surface area contributed by atoms with Gasteiger partial charge in [0, 0.05) is 26.4 Å². The third-order valence-electron chi connectivity index (χ3n) is 3.62. The number of unbranched alkanes of at least 4 members (excludes halogenated alkanes) is 1. The Kier molecular flexibility index (Phi) is 8.92. The Morgan fingerprint density at radius 3 is 2.64 bits per heavy atom. The van der Waals surface area contributed by atoms with Crippen molar-refractivity contribution in [3.05, 3.63) is 23.4 Å². The molecule has 1 aromatic rings. The number of aryl methyl sites for hydroxylation is 2. The zero-order valence-corrected chi connectivity index (χ0v) is 13.7. The number of nitrogens with zero attached hydrogens (tertiary/aromatic N) is 1. The van der Waals surface area contributed by atoms with E-state index in [1.165, 1.54) is 12.7 Å². The molecular formula is C16H27F2N3O. The Hall–Kier alpha value is -1.27. The van der Waals surface area contributed by atoms with E-state index in [4.69, 9.17) is 4.74 Å². The van der Waals surface area contributed by atoms with Crippen molar-refractivity contribution < 1.29 is 13.5 Å². The van der Waals surface area contributed by atoms with Crippen molar-refractivity contribution in [3.63, 3.8) is 0 Å². The molecule has 1 aromatic heterocycles. The standard InChI is InChI=1S/C16H27F2N3O/c1-4-12-8-9-13(21-16(12)19-2)7-5-6-10-20-11-14(22-3)15(17)18/h8-9,14-15,20H,4-7,10-11H2,1-3H3,(H,19,21). The van der Waals surface area contributed by atoms with Crippen LogP contribution in [0.2, 0.25) is 0 Å². The molecule has 0 fully saturated rings. The molecule has 0 spiro atoms. The van der Waals surface area contributed by atoms with Gasteiger partial charge in [-0.05, 0) is 43.9 Å². The van der Waals surface area contributed by atoms with Gasteiger partial charge in [-0.25, -0.2) is 13.8 Å². The van der Waals surface area contributed by atoms with E-state index in [9.17, 15) is 8.78 Å². The third kappa shape index (κ3) is 6.23. The summed E-state index contributed by atoms with van der Waals surface area (Å²) < 4.78 is 29.6. The second-order valence-electron chi connectivity index (χ2n) is 5.18. The molecule has 1 rings (SSSR count). The summed E-state index contributed by atoms with van der Waals surface area (Å²) in [5, 5.41) is 6.13. The number of anilines is 1. The summed E-state index contributed by atoms with van der Waals surface area (Å²) in [6.07, 6.45) is 0.272. The number of rotatable bonds is 11. The van der Waals surface area contributed by atoms with Gasteiger partial charge in [0.1, 0.15) is 11.9 Å². The average Bonchev–Trinajstić information content (AvgIpc) is 2.53. The zero-order chi connectivity index (χ0) is 16.4. The number of hydrogen-bond donors (Lipinski definition) is 2. The van der Waals surface area contributed by atoms with Crippen LogP contribution in [-0.2, 0) is 17.6 Å². The van der Waals surface area contributed by atoms with Gasteiger partial charge in [-0.15, -0.1) is 0 Å². The molecule has 0 saturated heterocycles. The van der Waals surface area contributed by atoms with Crippen molar-refractivity contribution in [1.82, 2.24) is 10.3 Å². The summed E-state index contributed by atoms with van der Waals surface area (Å²) in [6, 6.07) is 4.17. The summed E-state index contributed by atoms with van der Waals surface area (Å²) in [7, 11) is 3.19. The first-order valence-corrected chi connectivity index (χ1v) is 7.80. The largest absolute Gasteiger partial charge is 0.374 e. The number of halogens is 2. The van der Waals surface area contributed by atoms with E-state index in [1.54, 1.807) is 0 Å². The average molecular weight is 315 g/mol. The van der Waals surface area contributed by atoms with E-state index in [0.717, 1.165) is 37.2 Å². The smallest absolute Gasteiger partial charge is 0.265 e. The fraction of sp³-hybridized carbons (Fsp3) is 0.688. The molecule has 1 atom stereocenters. The van der Waals surface area contributed by atoms with E-state index >= 15 is 0 Å². The second-order valence-corrected chi connectivity index (χ2v) is 5.18. The highest BCUT2D eigenvalue weighted by Gasteiger charge is 2.18. The van der Waals surface area contributed by atoms with E-state index in [2.05, 4.69) is 34.7 Å². The Labute approximate surface area is 131 Å². The number of hydrogen-bond acceptors (Lipinski definition) is 4. The van der Waals surface area contributed by atoms with E-state index in [-0.39, 0.29) is 6.54 Å². The Morgan fingerprint density at radius 2 is 2.05 bits per heavy atom. The number of ether oxygens (including phenoxy) is 1. The van der Waals surface area contributed by atoms with Crippen LogP contribution in [-0.4, -0.2) is 44.8 Å². The first-order valence-electron chi connectivity index (χ1n) is 7.80. The number of nitrogens with one attached hydrogen (secondary N) is 2. The highest BCUT2D eigenvalue weighted by molar-refractivity contribution is 5.44. The minimum atomic E-state index is -2.45. The molecule has 0 amide bonds. The van der Waals surface area contributed by atoms with Crippen LogP contribution in [0.5, 0.6) is 0 Å². The number of aromatic nitrogens is 1. The van der Waals surface area contributed by atoms with E-state index in [1.807, 2.05) is 7.05 Å². The van der Waals surface area contributed by atoms with Crippen LogP contribution in [0.4, 0.5) is 14.6 Å². The summed E-state index contributed by atoms with van der Waals surface area (Å²) in [5.41, 5.74) is 2.27. The summed E-state index contributed by atoms with van der Waals surface area (Å²) in [4.78, 5) is 4.59. The van der Waals surface area contributed by atoms with Gasteiger partial charge in [-0.1, -0.05) is 13.0 Å². The monoisotopic (exact) mass is 315 g/mol. The minimum Gasteiger partial charge on any atom is -0.374 e. The van der Waals surface area contributed by atoms with Gasteiger partial charge in [0.25, 0.3) is 6.43 Å². The maximum absolute atomic E-state index is 12.5. The molecule has 0 aromatic carbocycles. The van der Waals surface area contributed by atoms with Gasteiger partial charge in [0.15, 0.2) is 0 Å². The predicted octanol–water partition coefficient (Wildman–Crippen LogP) is 2.88. The van der Waals surface area contributed by atoms with Crippen LogP contribution >= 0.6 is 0 Å². The van der Waals surface area contributed by atoms with Crippen LogP contribution in [0, 0.1) is 0 Å². The Bertz CT molecular complexity index is 430. The molecule has 1 unspecified atom stereocenters. The Morgan fingerprint density at radius 1 is 1.27 bits per heavy atom. The van der Waals surface area contributed by atoms with Crippen LogP contribution in [0.15, 0.2) is 12.1 Å². The first-order chi connectivity index (χ1) is 10.6. The van der Waals surface area contributed by atoms with Gasteiger partial charge in [-0.3, -0.25) is 0 Å². The summed E-state index contributed by atoms with van der Waals surface area (Å²) >= 11 is 0. The molecule has 0 saturated carbocycles. The molecule has 0 aliphatic rings. The van der Waals surface area contributed by atoms with Gasteiger partial charge in [0.2, 0.25) is 0 Å². The van der Waals surface area contributed by atoms with E-state index < -0.39 is 12.5 Å². The molecule has 4 nitrogen and oxygen atoms in total. The van der Waals surface area contributed by atoms with Gasteiger partial charge >= 0.3 is 0 Å². The van der Waals surface area contributed by atoms with Gasteiger partial charge in [0.05, 0.1) is 0 Å². The fourth-order valence-corrected chi connectivity index (χ4v) is 2.25.